The molecule has 4 nitrogen and oxygen atoms in total. The lowest BCUT2D eigenvalue weighted by molar-refractivity contribution is -0.151. The van der Waals surface area contributed by atoms with Crippen molar-refractivity contribution in [2.75, 3.05) is 19.8 Å². The Morgan fingerprint density at radius 1 is 1.77 bits per heavy atom. The Kier molecular flexibility index (Phi) is 5.03. The summed E-state index contributed by atoms with van der Waals surface area (Å²) in [5.74, 6) is -0.474. The van der Waals surface area contributed by atoms with E-state index in [4.69, 9.17) is 18.3 Å². The van der Waals surface area contributed by atoms with Crippen LogP contribution >= 0.6 is 0 Å². The van der Waals surface area contributed by atoms with E-state index in [-0.39, 0.29) is 19.3 Å². The van der Waals surface area contributed by atoms with Gasteiger partial charge >= 0.3 is 5.97 Å². The summed E-state index contributed by atoms with van der Waals surface area (Å²) in [5.41, 5.74) is 0. The van der Waals surface area contributed by atoms with Crippen molar-refractivity contribution in [1.29, 1.82) is 3.70 Å². The maximum absolute atomic E-state index is 10.6. The summed E-state index contributed by atoms with van der Waals surface area (Å²) < 4.78 is 31.1. The van der Waals surface area contributed by atoms with Gasteiger partial charge in [-0.3, -0.25) is 4.79 Å². The summed E-state index contributed by atoms with van der Waals surface area (Å²) in [6, 6.07) is 0.227. The van der Waals surface area contributed by atoms with Gasteiger partial charge in [0.25, 0.3) is 0 Å². The predicted octanol–water partition coefficient (Wildman–Crippen LogP) is -0.899. The zero-order valence-corrected chi connectivity index (χ0v) is 8.78. The molecule has 0 saturated carbocycles. The summed E-state index contributed by atoms with van der Waals surface area (Å²) in [5, 5.41) is 8.82. The van der Waals surface area contributed by atoms with Gasteiger partial charge in [0, 0.05) is 27.3 Å². The van der Waals surface area contributed by atoms with Crippen LogP contribution in [0.1, 0.15) is 13.3 Å². The van der Waals surface area contributed by atoms with Crippen LogP contribution in [0, 0.1) is 0 Å². The molecule has 13 heavy (non-hydrogen) atoms. The highest BCUT2D eigenvalue weighted by atomic mass is 28.1. The third kappa shape index (κ3) is 7.95. The molecule has 0 saturated heterocycles. The third-order valence-electron chi connectivity index (χ3n) is 1.31. The van der Waals surface area contributed by atoms with Gasteiger partial charge in [-0.05, 0) is 6.42 Å². The number of rotatable bonds is 8. The highest BCUT2D eigenvalue weighted by molar-refractivity contribution is 6.08. The van der Waals surface area contributed by atoms with Gasteiger partial charge in [-0.25, -0.2) is 0 Å². The second-order valence-electron chi connectivity index (χ2n) is 2.59. The molecule has 0 bridgehead atoms. The fourth-order valence-electron chi connectivity index (χ4n) is 0.748. The first-order valence-corrected chi connectivity index (χ1v) is 4.91. The molecule has 1 unspecified atom stereocenters. The van der Waals surface area contributed by atoms with Crippen molar-refractivity contribution in [1.82, 2.24) is 0 Å². The molecule has 0 rings (SSSR count). The van der Waals surface area contributed by atoms with E-state index >= 15 is 0 Å². The summed E-state index contributed by atoms with van der Waals surface area (Å²) in [6.07, 6.45) is -0.191. The summed E-state index contributed by atoms with van der Waals surface area (Å²) >= 11 is 0. The molecule has 0 amide bonds. The Morgan fingerprint density at radius 2 is 2.54 bits per heavy atom. The Morgan fingerprint density at radius 3 is 3.08 bits per heavy atom. The van der Waals surface area contributed by atoms with Crippen LogP contribution in [0.3, 0.4) is 0 Å². The minimum absolute atomic E-state index is 0.0959. The number of hydrogen-bond donors (Lipinski definition) is 1. The first-order valence-electron chi connectivity index (χ1n) is 5.71. The smallest absolute Gasteiger partial charge is 0.303 e. The summed E-state index contributed by atoms with van der Waals surface area (Å²) in [6.45, 7) is 1.36. The molecular weight excluding hydrogens is 188 g/mol. The number of carbonyl (C=O) groups excluding carboxylic acids is 1. The zero-order valence-electron chi connectivity index (χ0n) is 10.8. The standard InChI is InChI=1S/C8H18O4Si/c1-7(10)12-8(5-9)6-11-3-2-4-13/h8-9H,2-6H2,1,13H3/i13T3. The highest BCUT2D eigenvalue weighted by Gasteiger charge is 2.09. The fourth-order valence-corrected chi connectivity index (χ4v) is 0.892. The molecule has 0 aliphatic carbocycles. The van der Waals surface area contributed by atoms with E-state index in [2.05, 4.69) is 0 Å². The van der Waals surface area contributed by atoms with Crippen LogP contribution in [-0.4, -0.2) is 50.7 Å². The minimum Gasteiger partial charge on any atom is -0.458 e. The lowest BCUT2D eigenvalue weighted by atomic mass is 10.4. The van der Waals surface area contributed by atoms with Crippen molar-refractivity contribution in [3.8, 4) is 0 Å². The van der Waals surface area contributed by atoms with Crippen molar-refractivity contribution in [3.05, 3.63) is 0 Å². The largest absolute Gasteiger partial charge is 0.458 e. The van der Waals surface area contributed by atoms with Gasteiger partial charge < -0.3 is 14.6 Å². The SMILES string of the molecule is [3H][Si]([3H])([3H])CCCOCC(CO)OC(C)=O. The summed E-state index contributed by atoms with van der Waals surface area (Å²) in [7, 11) is -3.23. The van der Waals surface area contributed by atoms with Gasteiger partial charge in [-0.15, -0.1) is 0 Å². The van der Waals surface area contributed by atoms with Crippen LogP contribution in [0.2, 0.25) is 6.04 Å². The van der Waals surface area contributed by atoms with E-state index in [1.54, 1.807) is 0 Å². The van der Waals surface area contributed by atoms with Crippen LogP contribution < -0.4 is 0 Å². The number of aliphatic hydroxyl groups is 1. The molecule has 1 atom stereocenters. The summed E-state index contributed by atoms with van der Waals surface area (Å²) in [4.78, 5) is 10.6. The van der Waals surface area contributed by atoms with E-state index in [0.29, 0.717) is 13.0 Å². The first-order chi connectivity index (χ1) is 7.35. The van der Waals surface area contributed by atoms with E-state index in [0.717, 1.165) is 0 Å². The van der Waals surface area contributed by atoms with Gasteiger partial charge in [0.05, 0.1) is 13.2 Å². The van der Waals surface area contributed by atoms with Gasteiger partial charge in [0.15, 0.2) is 0 Å². The van der Waals surface area contributed by atoms with E-state index in [9.17, 15) is 4.79 Å². The Labute approximate surface area is 85.3 Å². The van der Waals surface area contributed by atoms with Gasteiger partial charge in [-0.2, -0.15) is 0 Å². The molecule has 5 heteroatoms. The topological polar surface area (TPSA) is 55.8 Å². The van der Waals surface area contributed by atoms with Gasteiger partial charge in [0.2, 0.25) is 0 Å². The average Bonchev–Trinajstić information content (AvgIpc) is 2.13. The Balaban J connectivity index is 3.52. The van der Waals surface area contributed by atoms with Crippen molar-refractivity contribution in [3.63, 3.8) is 0 Å². The molecule has 0 aromatic carbocycles. The average molecular weight is 212 g/mol. The monoisotopic (exact) mass is 212 g/mol. The maximum Gasteiger partial charge on any atom is 0.303 e. The Bertz CT molecular complexity index is 210. The molecule has 0 radical (unpaired) electrons. The second-order valence-corrected chi connectivity index (χ2v) is 3.09. The van der Waals surface area contributed by atoms with Crippen molar-refractivity contribution in [2.24, 2.45) is 0 Å². The van der Waals surface area contributed by atoms with E-state index in [1.165, 1.54) is 6.92 Å². The van der Waals surface area contributed by atoms with Crippen molar-refractivity contribution in [2.45, 2.75) is 25.5 Å². The molecule has 0 aliphatic heterocycles. The van der Waals surface area contributed by atoms with E-state index in [1.807, 2.05) is 0 Å². The molecule has 1 N–H and O–H groups in total. The highest BCUT2D eigenvalue weighted by Crippen LogP contribution is 1.95. The molecule has 0 spiro atoms. The number of aliphatic hydroxyl groups excluding tert-OH is 1. The number of ether oxygens (including phenoxy) is 2. The molecule has 0 fully saturated rings. The second kappa shape index (κ2) is 8.22. The van der Waals surface area contributed by atoms with Crippen molar-refractivity contribution >= 4 is 16.0 Å². The number of esters is 1. The van der Waals surface area contributed by atoms with Crippen LogP contribution in [0.4, 0.5) is 0 Å². The predicted molar refractivity (Wildman–Crippen MR) is 52.8 cm³/mol. The quantitative estimate of drug-likeness (QED) is 0.322. The van der Waals surface area contributed by atoms with E-state index < -0.39 is 22.1 Å². The molecule has 0 heterocycles. The third-order valence-corrected chi connectivity index (χ3v) is 1.66. The Hall–Kier alpha value is -0.393. The van der Waals surface area contributed by atoms with Crippen LogP contribution in [-0.2, 0) is 14.3 Å². The molecule has 0 aromatic heterocycles. The number of carbonyl (C=O) groups is 1. The lowest BCUT2D eigenvalue weighted by Gasteiger charge is -2.14. The fraction of sp³-hybridized carbons (Fsp3) is 0.875. The molecular formula is C8H18O4Si. The maximum atomic E-state index is 10.6. The lowest BCUT2D eigenvalue weighted by Crippen LogP contribution is -2.26. The van der Waals surface area contributed by atoms with Crippen LogP contribution in [0.5, 0.6) is 0 Å². The van der Waals surface area contributed by atoms with Crippen LogP contribution in [0.15, 0.2) is 0 Å². The van der Waals surface area contributed by atoms with Crippen LogP contribution in [0.25, 0.3) is 0 Å². The molecule has 78 valence electrons. The van der Waals surface area contributed by atoms with Gasteiger partial charge in [0.1, 0.15) is 6.10 Å². The first kappa shape index (κ1) is 7.96. The van der Waals surface area contributed by atoms with Gasteiger partial charge in [-0.1, -0.05) is 6.04 Å². The normalized spacial score (nSPS) is 16.9. The zero-order chi connectivity index (χ0) is 12.6. The minimum atomic E-state index is -3.23. The molecule has 0 aromatic rings. The molecule has 0 aliphatic rings. The van der Waals surface area contributed by atoms with Crippen molar-refractivity contribution < 1.29 is 19.4 Å². The number of hydrogen-bond acceptors (Lipinski definition) is 4.